The largest absolute Gasteiger partial charge is 0.356 e. The standard InChI is InChI=1S/C26H41NO/c1-3-4-5-6-7-8-9-10-11-12-13-14-15-19-22-25-23(2)27-28-26(25)24-20-17-16-18-21-24/h16-18,20-21H,3-15,19,22H2,1-2H3. The number of aryl methyl sites for hydroxylation is 1. The molecule has 0 N–H and O–H groups in total. The van der Waals surface area contributed by atoms with Crippen molar-refractivity contribution in [1.29, 1.82) is 0 Å². The van der Waals surface area contributed by atoms with Crippen molar-refractivity contribution in [3.05, 3.63) is 41.6 Å². The average molecular weight is 384 g/mol. The molecule has 1 aromatic carbocycles. The van der Waals surface area contributed by atoms with Crippen molar-refractivity contribution in [2.45, 2.75) is 110 Å². The van der Waals surface area contributed by atoms with Gasteiger partial charge in [-0.3, -0.25) is 0 Å². The van der Waals surface area contributed by atoms with Gasteiger partial charge in [0.15, 0.2) is 5.76 Å². The Bertz CT molecular complexity index is 617. The summed E-state index contributed by atoms with van der Waals surface area (Å²) in [6.07, 6.45) is 20.7. The van der Waals surface area contributed by atoms with E-state index < -0.39 is 0 Å². The Balaban J connectivity index is 1.49. The van der Waals surface area contributed by atoms with Gasteiger partial charge < -0.3 is 4.52 Å². The molecule has 0 radical (unpaired) electrons. The number of hydrogen-bond donors (Lipinski definition) is 0. The van der Waals surface area contributed by atoms with Crippen LogP contribution in [0.3, 0.4) is 0 Å². The lowest BCUT2D eigenvalue weighted by Crippen LogP contribution is -1.90. The van der Waals surface area contributed by atoms with Gasteiger partial charge in [0.05, 0.1) is 5.69 Å². The quantitative estimate of drug-likeness (QED) is 0.271. The van der Waals surface area contributed by atoms with Gasteiger partial charge in [-0.25, -0.2) is 0 Å². The summed E-state index contributed by atoms with van der Waals surface area (Å²) < 4.78 is 5.60. The Hall–Kier alpha value is -1.57. The summed E-state index contributed by atoms with van der Waals surface area (Å²) in [6.45, 7) is 4.35. The normalized spacial score (nSPS) is 11.2. The Morgan fingerprint density at radius 2 is 1.18 bits per heavy atom. The van der Waals surface area contributed by atoms with Crippen molar-refractivity contribution in [3.8, 4) is 11.3 Å². The van der Waals surface area contributed by atoms with Crippen molar-refractivity contribution >= 4 is 0 Å². The molecule has 0 unspecified atom stereocenters. The number of unbranched alkanes of at least 4 members (excludes halogenated alkanes) is 13. The molecule has 156 valence electrons. The summed E-state index contributed by atoms with van der Waals surface area (Å²) in [6, 6.07) is 10.4. The van der Waals surface area contributed by atoms with Crippen molar-refractivity contribution in [2.75, 3.05) is 0 Å². The van der Waals surface area contributed by atoms with Crippen LogP contribution in [-0.4, -0.2) is 5.16 Å². The smallest absolute Gasteiger partial charge is 0.170 e. The molecule has 0 amide bonds. The zero-order valence-corrected chi connectivity index (χ0v) is 18.3. The summed E-state index contributed by atoms with van der Waals surface area (Å²) in [5.74, 6) is 0.966. The molecule has 2 rings (SSSR count). The maximum atomic E-state index is 5.60. The van der Waals surface area contributed by atoms with Crippen LogP contribution in [0.5, 0.6) is 0 Å². The maximum absolute atomic E-state index is 5.60. The minimum Gasteiger partial charge on any atom is -0.356 e. The number of aromatic nitrogens is 1. The Morgan fingerprint density at radius 3 is 1.71 bits per heavy atom. The molecule has 0 aliphatic carbocycles. The first-order valence-electron chi connectivity index (χ1n) is 11.8. The first-order chi connectivity index (χ1) is 13.8. The molecule has 28 heavy (non-hydrogen) atoms. The molecule has 2 heteroatoms. The van der Waals surface area contributed by atoms with E-state index in [4.69, 9.17) is 4.52 Å². The van der Waals surface area contributed by atoms with Crippen LogP contribution in [-0.2, 0) is 6.42 Å². The van der Waals surface area contributed by atoms with Crippen LogP contribution in [0.25, 0.3) is 11.3 Å². The fourth-order valence-electron chi connectivity index (χ4n) is 4.00. The Kier molecular flexibility index (Phi) is 11.7. The molecule has 1 aromatic heterocycles. The second-order valence-corrected chi connectivity index (χ2v) is 8.29. The van der Waals surface area contributed by atoms with E-state index in [9.17, 15) is 0 Å². The van der Waals surface area contributed by atoms with Crippen LogP contribution in [0.4, 0.5) is 0 Å². The minimum absolute atomic E-state index is 0.966. The second-order valence-electron chi connectivity index (χ2n) is 8.29. The van der Waals surface area contributed by atoms with Gasteiger partial charge >= 0.3 is 0 Å². The molecule has 0 aliphatic heterocycles. The van der Waals surface area contributed by atoms with Crippen LogP contribution in [0.15, 0.2) is 34.9 Å². The molecule has 0 atom stereocenters. The predicted octanol–water partition coefficient (Wildman–Crippen LogP) is 8.67. The molecular weight excluding hydrogens is 342 g/mol. The lowest BCUT2D eigenvalue weighted by Gasteiger charge is -2.04. The second kappa shape index (κ2) is 14.4. The van der Waals surface area contributed by atoms with Crippen molar-refractivity contribution < 1.29 is 4.52 Å². The summed E-state index contributed by atoms with van der Waals surface area (Å²) in [7, 11) is 0. The number of hydrogen-bond acceptors (Lipinski definition) is 2. The number of benzene rings is 1. The van der Waals surface area contributed by atoms with Gasteiger partial charge in [-0.2, -0.15) is 0 Å². The van der Waals surface area contributed by atoms with Crippen LogP contribution >= 0.6 is 0 Å². The molecule has 0 saturated carbocycles. The SMILES string of the molecule is CCCCCCCCCCCCCCCCc1c(C)noc1-c1ccccc1. The molecule has 0 saturated heterocycles. The summed E-state index contributed by atoms with van der Waals surface area (Å²) >= 11 is 0. The van der Waals surface area contributed by atoms with Crippen LogP contribution in [0.2, 0.25) is 0 Å². The molecule has 2 aromatic rings. The predicted molar refractivity (Wildman–Crippen MR) is 121 cm³/mol. The summed E-state index contributed by atoms with van der Waals surface area (Å²) in [5, 5.41) is 4.20. The zero-order chi connectivity index (χ0) is 19.9. The first kappa shape index (κ1) is 22.7. The third-order valence-corrected chi connectivity index (χ3v) is 5.80. The van der Waals surface area contributed by atoms with E-state index in [0.29, 0.717) is 0 Å². The van der Waals surface area contributed by atoms with Crippen molar-refractivity contribution in [2.24, 2.45) is 0 Å². The molecular formula is C26H41NO. The Morgan fingerprint density at radius 1 is 0.679 bits per heavy atom. The zero-order valence-electron chi connectivity index (χ0n) is 18.3. The van der Waals surface area contributed by atoms with E-state index in [1.807, 2.05) is 6.07 Å². The van der Waals surface area contributed by atoms with Gasteiger partial charge in [0.2, 0.25) is 0 Å². The van der Waals surface area contributed by atoms with E-state index in [0.717, 1.165) is 23.4 Å². The molecule has 0 fully saturated rings. The monoisotopic (exact) mass is 383 g/mol. The molecule has 1 heterocycles. The highest BCUT2D eigenvalue weighted by Gasteiger charge is 2.14. The Labute approximate surface area is 173 Å². The maximum Gasteiger partial charge on any atom is 0.170 e. The van der Waals surface area contributed by atoms with Crippen LogP contribution in [0, 0.1) is 6.92 Å². The van der Waals surface area contributed by atoms with E-state index in [2.05, 4.69) is 43.3 Å². The lowest BCUT2D eigenvalue weighted by molar-refractivity contribution is 0.426. The highest BCUT2D eigenvalue weighted by Crippen LogP contribution is 2.27. The van der Waals surface area contributed by atoms with Crippen LogP contribution in [0.1, 0.15) is 108 Å². The summed E-state index contributed by atoms with van der Waals surface area (Å²) in [5.41, 5.74) is 3.49. The highest BCUT2D eigenvalue weighted by atomic mass is 16.5. The van der Waals surface area contributed by atoms with Gasteiger partial charge in [0, 0.05) is 11.1 Å². The van der Waals surface area contributed by atoms with Crippen molar-refractivity contribution in [3.63, 3.8) is 0 Å². The number of rotatable bonds is 16. The van der Waals surface area contributed by atoms with E-state index in [-0.39, 0.29) is 0 Å². The summed E-state index contributed by atoms with van der Waals surface area (Å²) in [4.78, 5) is 0. The van der Waals surface area contributed by atoms with Crippen LogP contribution < -0.4 is 0 Å². The minimum atomic E-state index is 0.966. The van der Waals surface area contributed by atoms with Gasteiger partial charge in [0.1, 0.15) is 0 Å². The molecule has 0 spiro atoms. The fraction of sp³-hybridized carbons (Fsp3) is 0.654. The van der Waals surface area contributed by atoms with E-state index in [1.54, 1.807) is 0 Å². The topological polar surface area (TPSA) is 26.0 Å². The van der Waals surface area contributed by atoms with Gasteiger partial charge in [-0.05, 0) is 19.8 Å². The first-order valence-corrected chi connectivity index (χ1v) is 11.8. The van der Waals surface area contributed by atoms with Gasteiger partial charge in [-0.1, -0.05) is 126 Å². The highest BCUT2D eigenvalue weighted by molar-refractivity contribution is 5.61. The third-order valence-electron chi connectivity index (χ3n) is 5.80. The fourth-order valence-corrected chi connectivity index (χ4v) is 4.00. The average Bonchev–Trinajstić information content (AvgIpc) is 3.09. The molecule has 0 bridgehead atoms. The van der Waals surface area contributed by atoms with E-state index >= 15 is 0 Å². The van der Waals surface area contributed by atoms with Gasteiger partial charge in [0.25, 0.3) is 0 Å². The van der Waals surface area contributed by atoms with E-state index in [1.165, 1.54) is 95.5 Å². The van der Waals surface area contributed by atoms with Crippen molar-refractivity contribution in [1.82, 2.24) is 5.16 Å². The molecule has 2 nitrogen and oxygen atoms in total. The van der Waals surface area contributed by atoms with Gasteiger partial charge in [-0.15, -0.1) is 0 Å². The number of nitrogens with zero attached hydrogens (tertiary/aromatic N) is 1. The molecule has 0 aliphatic rings. The lowest BCUT2D eigenvalue weighted by atomic mass is 10.00. The third kappa shape index (κ3) is 8.63.